The van der Waals surface area contributed by atoms with Crippen LogP contribution in [0.25, 0.3) is 22.3 Å². The molecule has 1 atom stereocenters. The van der Waals surface area contributed by atoms with Crippen LogP contribution < -0.4 is 5.73 Å². The number of hydrogen-bond donors (Lipinski definition) is 2. The summed E-state index contributed by atoms with van der Waals surface area (Å²) in [6, 6.07) is 9.41. The van der Waals surface area contributed by atoms with Gasteiger partial charge in [-0.05, 0) is 18.2 Å². The number of nitrogens with zero attached hydrogens (tertiary/aromatic N) is 5. The maximum atomic E-state index is 10.8. The van der Waals surface area contributed by atoms with E-state index in [4.69, 9.17) is 5.73 Å². The molecule has 3 N–H and O–H groups in total. The molecule has 0 amide bonds. The third-order valence-corrected chi connectivity index (χ3v) is 4.86. The second-order valence-electron chi connectivity index (χ2n) is 6.71. The third-order valence-electron chi connectivity index (χ3n) is 4.86. The first kappa shape index (κ1) is 16.4. The number of hydrogen-bond acceptors (Lipinski definition) is 6. The molecule has 5 rings (SSSR count). The Morgan fingerprint density at radius 1 is 1.14 bits per heavy atom. The van der Waals surface area contributed by atoms with Crippen molar-refractivity contribution in [1.29, 1.82) is 0 Å². The summed E-state index contributed by atoms with van der Waals surface area (Å²) >= 11 is 0. The van der Waals surface area contributed by atoms with Crippen molar-refractivity contribution < 1.29 is 5.11 Å². The lowest BCUT2D eigenvalue weighted by atomic mass is 10.0. The van der Waals surface area contributed by atoms with E-state index in [0.717, 1.165) is 16.5 Å². The van der Waals surface area contributed by atoms with E-state index in [2.05, 4.69) is 31.8 Å². The zero-order chi connectivity index (χ0) is 19.1. The minimum absolute atomic E-state index is 0.371. The van der Waals surface area contributed by atoms with Crippen LogP contribution in [-0.4, -0.2) is 29.6 Å². The molecule has 0 radical (unpaired) electrons. The Kier molecular flexibility index (Phi) is 3.60. The molecule has 7 nitrogen and oxygen atoms in total. The quantitative estimate of drug-likeness (QED) is 0.499. The van der Waals surface area contributed by atoms with Crippen molar-refractivity contribution in [1.82, 2.24) is 24.5 Å². The molecule has 0 spiro atoms. The summed E-state index contributed by atoms with van der Waals surface area (Å²) in [7, 11) is 0. The van der Waals surface area contributed by atoms with Gasteiger partial charge in [-0.3, -0.25) is 0 Å². The zero-order valence-corrected chi connectivity index (χ0v) is 14.9. The van der Waals surface area contributed by atoms with Gasteiger partial charge in [-0.1, -0.05) is 24.0 Å². The monoisotopic (exact) mass is 368 g/mol. The Morgan fingerprint density at radius 2 is 2.07 bits per heavy atom. The number of fused-ring (bicyclic) bond motifs is 2. The SMILES string of the molecule is Nc1nccc2cnc(-c3cccc(C#C[C@]4(O)CCn5ccnc54)c3)nc12. The molecule has 0 saturated carbocycles. The normalized spacial score (nSPS) is 17.9. The Bertz CT molecular complexity index is 1270. The molecule has 0 aliphatic carbocycles. The van der Waals surface area contributed by atoms with Crippen LogP contribution in [0.15, 0.2) is 55.1 Å². The zero-order valence-electron chi connectivity index (χ0n) is 14.9. The van der Waals surface area contributed by atoms with Crippen LogP contribution in [0.3, 0.4) is 0 Å². The van der Waals surface area contributed by atoms with Crippen molar-refractivity contribution in [2.45, 2.75) is 18.6 Å². The Labute approximate surface area is 160 Å². The number of nitrogen functional groups attached to an aromatic ring is 1. The van der Waals surface area contributed by atoms with Crippen molar-refractivity contribution in [3.8, 4) is 23.2 Å². The predicted molar refractivity (Wildman–Crippen MR) is 105 cm³/mol. The molecule has 0 saturated heterocycles. The number of imidazole rings is 1. The van der Waals surface area contributed by atoms with Crippen LogP contribution in [0.4, 0.5) is 5.82 Å². The van der Waals surface area contributed by atoms with Crippen molar-refractivity contribution in [2.75, 3.05) is 5.73 Å². The lowest BCUT2D eigenvalue weighted by molar-refractivity contribution is 0.0980. The van der Waals surface area contributed by atoms with Gasteiger partial charge >= 0.3 is 0 Å². The highest BCUT2D eigenvalue weighted by Crippen LogP contribution is 2.30. The first-order chi connectivity index (χ1) is 13.6. The first-order valence-corrected chi connectivity index (χ1v) is 8.87. The number of aliphatic hydroxyl groups is 1. The number of aryl methyl sites for hydroxylation is 1. The van der Waals surface area contributed by atoms with Crippen molar-refractivity contribution >= 4 is 16.7 Å². The molecule has 1 aliphatic rings. The van der Waals surface area contributed by atoms with Crippen LogP contribution in [0.5, 0.6) is 0 Å². The van der Waals surface area contributed by atoms with E-state index in [1.807, 2.05) is 41.1 Å². The van der Waals surface area contributed by atoms with Gasteiger partial charge in [-0.25, -0.2) is 19.9 Å². The van der Waals surface area contributed by atoms with Crippen LogP contribution >= 0.6 is 0 Å². The highest BCUT2D eigenvalue weighted by molar-refractivity contribution is 5.87. The fourth-order valence-electron chi connectivity index (χ4n) is 3.39. The second kappa shape index (κ2) is 6.15. The van der Waals surface area contributed by atoms with Gasteiger partial charge in [0.1, 0.15) is 11.3 Å². The maximum Gasteiger partial charge on any atom is 0.185 e. The molecule has 28 heavy (non-hydrogen) atoms. The van der Waals surface area contributed by atoms with Crippen LogP contribution in [0.1, 0.15) is 17.8 Å². The van der Waals surface area contributed by atoms with Gasteiger partial charge in [0.05, 0.1) is 0 Å². The van der Waals surface area contributed by atoms with Gasteiger partial charge < -0.3 is 15.4 Å². The van der Waals surface area contributed by atoms with E-state index in [0.29, 0.717) is 35.9 Å². The topological polar surface area (TPSA) is 103 Å². The molecule has 0 unspecified atom stereocenters. The molecule has 7 heteroatoms. The summed E-state index contributed by atoms with van der Waals surface area (Å²) in [5.41, 5.74) is 6.91. The van der Waals surface area contributed by atoms with E-state index in [9.17, 15) is 5.11 Å². The second-order valence-corrected chi connectivity index (χ2v) is 6.71. The molecule has 0 fully saturated rings. The Balaban J connectivity index is 1.51. The molecule has 4 aromatic rings. The fraction of sp³-hybridized carbons (Fsp3) is 0.143. The molecular weight excluding hydrogens is 352 g/mol. The first-order valence-electron chi connectivity index (χ1n) is 8.87. The average molecular weight is 368 g/mol. The Hall–Kier alpha value is -3.76. The summed E-state index contributed by atoms with van der Waals surface area (Å²) in [5, 5.41) is 11.7. The number of rotatable bonds is 1. The van der Waals surface area contributed by atoms with Crippen LogP contribution in [-0.2, 0) is 12.1 Å². The van der Waals surface area contributed by atoms with Gasteiger partial charge in [0.15, 0.2) is 17.2 Å². The third kappa shape index (κ3) is 2.68. The molecule has 4 heterocycles. The molecular formula is C21H16N6O. The van der Waals surface area contributed by atoms with Gasteiger partial charge in [0.2, 0.25) is 0 Å². The largest absolute Gasteiger partial charge is 0.382 e. The van der Waals surface area contributed by atoms with E-state index < -0.39 is 5.60 Å². The maximum absolute atomic E-state index is 10.8. The van der Waals surface area contributed by atoms with Crippen molar-refractivity contribution in [3.63, 3.8) is 0 Å². The molecule has 0 bridgehead atoms. The fourth-order valence-corrected chi connectivity index (χ4v) is 3.39. The van der Waals surface area contributed by atoms with E-state index in [1.54, 1.807) is 18.6 Å². The van der Waals surface area contributed by atoms with Gasteiger partial charge in [0, 0.05) is 54.3 Å². The number of nitrogens with two attached hydrogens (primary N) is 1. The van der Waals surface area contributed by atoms with E-state index >= 15 is 0 Å². The predicted octanol–water partition coefficient (Wildman–Crippen LogP) is 2.11. The van der Waals surface area contributed by atoms with Crippen molar-refractivity contribution in [3.05, 3.63) is 66.5 Å². The highest BCUT2D eigenvalue weighted by Gasteiger charge is 2.36. The lowest BCUT2D eigenvalue weighted by Gasteiger charge is -2.12. The summed E-state index contributed by atoms with van der Waals surface area (Å²) in [5.74, 6) is 7.57. The lowest BCUT2D eigenvalue weighted by Crippen LogP contribution is -2.20. The summed E-state index contributed by atoms with van der Waals surface area (Å²) < 4.78 is 1.92. The van der Waals surface area contributed by atoms with Crippen LogP contribution in [0.2, 0.25) is 0 Å². The minimum Gasteiger partial charge on any atom is -0.382 e. The number of benzene rings is 1. The molecule has 1 aromatic carbocycles. The molecule has 3 aromatic heterocycles. The van der Waals surface area contributed by atoms with Crippen molar-refractivity contribution in [2.24, 2.45) is 0 Å². The Morgan fingerprint density at radius 3 is 3.00 bits per heavy atom. The van der Waals surface area contributed by atoms with Gasteiger partial charge in [-0.15, -0.1) is 0 Å². The molecule has 136 valence electrons. The highest BCUT2D eigenvalue weighted by atomic mass is 16.3. The number of aromatic nitrogens is 5. The van der Waals surface area contributed by atoms with E-state index in [1.165, 1.54) is 0 Å². The minimum atomic E-state index is -1.22. The number of anilines is 1. The smallest absolute Gasteiger partial charge is 0.185 e. The van der Waals surface area contributed by atoms with Gasteiger partial charge in [-0.2, -0.15) is 0 Å². The van der Waals surface area contributed by atoms with Crippen LogP contribution in [0, 0.1) is 11.8 Å². The summed E-state index contributed by atoms with van der Waals surface area (Å²) in [6.45, 7) is 0.709. The average Bonchev–Trinajstić information content (AvgIpc) is 3.32. The summed E-state index contributed by atoms with van der Waals surface area (Å²) in [4.78, 5) is 17.3. The molecule has 1 aliphatic heterocycles. The van der Waals surface area contributed by atoms with E-state index in [-0.39, 0.29) is 0 Å². The summed E-state index contributed by atoms with van der Waals surface area (Å²) in [6.07, 6.45) is 7.43. The van der Waals surface area contributed by atoms with Gasteiger partial charge in [0.25, 0.3) is 0 Å². The number of pyridine rings is 1. The standard InChI is InChI=1S/C21H16N6O/c22-18-17-16(5-8-23-18)13-25-19(26-17)15-3-1-2-14(12-15)4-6-21(28)7-10-27-11-9-24-20(21)27/h1-3,5,8-9,11-13,28H,7,10H2,(H2,22,23)/t21-/m0/s1.